The number of benzene rings is 2. The van der Waals surface area contributed by atoms with Crippen LogP contribution in [0.4, 0.5) is 17.6 Å². The van der Waals surface area contributed by atoms with Gasteiger partial charge in [-0.3, -0.25) is 9.59 Å². The van der Waals surface area contributed by atoms with Gasteiger partial charge in [0.2, 0.25) is 5.60 Å². The topological polar surface area (TPSA) is 95.0 Å². The Bertz CT molecular complexity index is 1460. The summed E-state index contributed by atoms with van der Waals surface area (Å²) < 4.78 is 73.0. The minimum Gasteiger partial charge on any atom is -0.494 e. The molecule has 0 radical (unpaired) electrons. The summed E-state index contributed by atoms with van der Waals surface area (Å²) in [6.45, 7) is 1.49. The molecular weight excluding hydrogens is 546 g/mol. The molecule has 0 spiro atoms. The largest absolute Gasteiger partial charge is 0.494 e. The number of hydrogen-bond acceptors (Lipinski definition) is 7. The predicted molar refractivity (Wildman–Crippen MR) is 141 cm³/mol. The van der Waals surface area contributed by atoms with Crippen LogP contribution in [0.15, 0.2) is 48.5 Å². The lowest BCUT2D eigenvalue weighted by atomic mass is 9.89. The average Bonchev–Trinajstić information content (AvgIpc) is 3.36. The first-order chi connectivity index (χ1) is 19.4. The van der Waals surface area contributed by atoms with E-state index in [1.165, 1.54) is 57.5 Å². The van der Waals surface area contributed by atoms with Crippen molar-refractivity contribution in [3.8, 4) is 28.5 Å². The van der Waals surface area contributed by atoms with Crippen molar-refractivity contribution in [3.63, 3.8) is 0 Å². The van der Waals surface area contributed by atoms with Crippen LogP contribution in [-0.4, -0.2) is 48.2 Å². The van der Waals surface area contributed by atoms with Crippen molar-refractivity contribution in [1.82, 2.24) is 4.98 Å². The second-order valence-corrected chi connectivity index (χ2v) is 9.82. The van der Waals surface area contributed by atoms with E-state index in [4.69, 9.17) is 14.2 Å². The molecule has 41 heavy (non-hydrogen) atoms. The Hall–Kier alpha value is -3.99. The Labute approximate surface area is 234 Å². The number of halogens is 4. The summed E-state index contributed by atoms with van der Waals surface area (Å²) in [4.78, 5) is 29.0. The van der Waals surface area contributed by atoms with Crippen molar-refractivity contribution in [3.05, 3.63) is 71.2 Å². The lowest BCUT2D eigenvalue weighted by molar-refractivity contribution is -0.270. The van der Waals surface area contributed by atoms with Crippen LogP contribution in [0.1, 0.15) is 53.7 Å². The molecule has 1 aliphatic carbocycles. The number of aryl methyl sites for hydroxylation is 1. The molecule has 11 heteroatoms. The van der Waals surface area contributed by atoms with E-state index in [2.05, 4.69) is 4.98 Å². The van der Waals surface area contributed by atoms with Gasteiger partial charge in [-0.05, 0) is 80.3 Å². The van der Waals surface area contributed by atoms with Crippen LogP contribution in [0.3, 0.4) is 0 Å². The summed E-state index contributed by atoms with van der Waals surface area (Å²) in [5.74, 6) is -0.716. The lowest BCUT2D eigenvalue weighted by Gasteiger charge is -2.30. The molecule has 2 aromatic carbocycles. The number of aliphatic hydroxyl groups is 1. The number of alkyl halides is 3. The van der Waals surface area contributed by atoms with E-state index in [1.54, 1.807) is 0 Å². The van der Waals surface area contributed by atoms with Crippen LogP contribution < -0.4 is 14.2 Å². The van der Waals surface area contributed by atoms with Crippen LogP contribution in [0.2, 0.25) is 0 Å². The highest BCUT2D eigenvalue weighted by Crippen LogP contribution is 2.44. The van der Waals surface area contributed by atoms with E-state index in [-0.39, 0.29) is 45.4 Å². The Kier molecular flexibility index (Phi) is 8.67. The third kappa shape index (κ3) is 6.19. The summed E-state index contributed by atoms with van der Waals surface area (Å²) >= 11 is 0. The van der Waals surface area contributed by atoms with E-state index in [0.29, 0.717) is 19.3 Å². The molecule has 0 amide bonds. The molecule has 1 N–H and O–H groups in total. The summed E-state index contributed by atoms with van der Waals surface area (Å²) in [7, 11) is 2.65. The Morgan fingerprint density at radius 2 is 1.73 bits per heavy atom. The molecule has 1 heterocycles. The third-order valence-corrected chi connectivity index (χ3v) is 7.12. The molecule has 0 bridgehead atoms. The second-order valence-electron chi connectivity index (χ2n) is 9.82. The Balaban J connectivity index is 1.60. The number of carbonyl (C=O) groups is 2. The fourth-order valence-electron chi connectivity index (χ4n) is 4.69. The van der Waals surface area contributed by atoms with Gasteiger partial charge in [0.25, 0.3) is 0 Å². The molecule has 0 aliphatic heterocycles. The number of Topliss-reactive ketones (excluding diaryl/α,β-unsaturated/α-hetero) is 2. The SMILES string of the molecule is COc1cc(C(=O)CCC(O)(c2ccc(OC)c(-c3ccc(F)c(C)c3)n2)C(F)(F)F)ccc1OC1CCCC1=O. The van der Waals surface area contributed by atoms with Gasteiger partial charge < -0.3 is 19.3 Å². The van der Waals surface area contributed by atoms with Crippen molar-refractivity contribution in [2.24, 2.45) is 0 Å². The normalized spacial score (nSPS) is 16.8. The third-order valence-electron chi connectivity index (χ3n) is 7.12. The van der Waals surface area contributed by atoms with Gasteiger partial charge in [-0.25, -0.2) is 9.37 Å². The number of methoxy groups -OCH3 is 2. The number of rotatable bonds is 10. The summed E-state index contributed by atoms with van der Waals surface area (Å²) in [6, 6.07) is 10.2. The number of aromatic nitrogens is 1. The van der Waals surface area contributed by atoms with Crippen molar-refractivity contribution >= 4 is 11.6 Å². The minimum absolute atomic E-state index is 0.0248. The molecule has 2 atom stereocenters. The van der Waals surface area contributed by atoms with Crippen molar-refractivity contribution in [1.29, 1.82) is 0 Å². The number of carbonyl (C=O) groups excluding carboxylic acids is 2. The Morgan fingerprint density at radius 1 is 1.02 bits per heavy atom. The molecule has 1 saturated carbocycles. The highest BCUT2D eigenvalue weighted by atomic mass is 19.4. The van der Waals surface area contributed by atoms with Crippen LogP contribution in [-0.2, 0) is 10.4 Å². The van der Waals surface area contributed by atoms with Gasteiger partial charge in [0.05, 0.1) is 19.9 Å². The first-order valence-electron chi connectivity index (χ1n) is 12.9. The quantitative estimate of drug-likeness (QED) is 0.230. The van der Waals surface area contributed by atoms with Gasteiger partial charge >= 0.3 is 6.18 Å². The molecule has 218 valence electrons. The smallest absolute Gasteiger partial charge is 0.422 e. The highest BCUT2D eigenvalue weighted by molar-refractivity contribution is 5.96. The maximum atomic E-state index is 14.3. The number of ether oxygens (including phenoxy) is 3. The molecule has 2 unspecified atom stereocenters. The van der Waals surface area contributed by atoms with E-state index in [1.807, 2.05) is 0 Å². The zero-order valence-electron chi connectivity index (χ0n) is 22.7. The maximum absolute atomic E-state index is 14.3. The van der Waals surface area contributed by atoms with Gasteiger partial charge in [0.1, 0.15) is 17.3 Å². The van der Waals surface area contributed by atoms with Crippen molar-refractivity contribution in [2.45, 2.75) is 56.9 Å². The minimum atomic E-state index is -5.19. The molecule has 1 aliphatic rings. The van der Waals surface area contributed by atoms with Gasteiger partial charge in [0.15, 0.2) is 29.2 Å². The highest BCUT2D eigenvalue weighted by Gasteiger charge is 2.56. The van der Waals surface area contributed by atoms with Crippen LogP contribution in [0, 0.1) is 12.7 Å². The average molecular weight is 576 g/mol. The van der Waals surface area contributed by atoms with Crippen LogP contribution >= 0.6 is 0 Å². The van der Waals surface area contributed by atoms with Crippen molar-refractivity contribution < 1.29 is 46.5 Å². The first-order valence-corrected chi connectivity index (χ1v) is 12.9. The summed E-state index contributed by atoms with van der Waals surface area (Å²) in [6.07, 6.45) is -5.83. The molecule has 1 fully saturated rings. The van der Waals surface area contributed by atoms with E-state index < -0.39 is 48.0 Å². The van der Waals surface area contributed by atoms with Crippen LogP contribution in [0.25, 0.3) is 11.3 Å². The lowest BCUT2D eigenvalue weighted by Crippen LogP contribution is -2.43. The number of hydrogen-bond donors (Lipinski definition) is 1. The molecule has 3 aromatic rings. The summed E-state index contributed by atoms with van der Waals surface area (Å²) in [5, 5.41) is 11.0. The standard InChI is InChI=1S/C30H29F4NO6/c1-17-15-19(7-9-20(17)31)28-25(39-2)11-12-27(35-28)29(38,30(32,33)34)14-13-21(36)18-8-10-24(26(16-18)40-3)41-23-6-4-5-22(23)37/h7-12,15-16,23,38H,4-6,13-14H2,1-3H3. The van der Waals surface area contributed by atoms with Crippen LogP contribution in [0.5, 0.6) is 17.2 Å². The van der Waals surface area contributed by atoms with E-state index in [0.717, 1.165) is 12.1 Å². The van der Waals surface area contributed by atoms with Gasteiger partial charge in [-0.15, -0.1) is 0 Å². The molecule has 1 aromatic heterocycles. The van der Waals surface area contributed by atoms with Gasteiger partial charge in [0, 0.05) is 24.0 Å². The fourth-order valence-corrected chi connectivity index (χ4v) is 4.69. The molecule has 4 rings (SSSR count). The maximum Gasteiger partial charge on any atom is 0.422 e. The predicted octanol–water partition coefficient (Wildman–Crippen LogP) is 6.13. The molecule has 0 saturated heterocycles. The second kappa shape index (κ2) is 11.9. The van der Waals surface area contributed by atoms with Crippen molar-refractivity contribution in [2.75, 3.05) is 14.2 Å². The summed E-state index contributed by atoms with van der Waals surface area (Å²) in [5.41, 5.74) is -3.66. The number of ketones is 2. The van der Waals surface area contributed by atoms with Gasteiger partial charge in [-0.2, -0.15) is 13.2 Å². The Morgan fingerprint density at radius 3 is 2.34 bits per heavy atom. The zero-order valence-corrected chi connectivity index (χ0v) is 22.7. The van der Waals surface area contributed by atoms with E-state index in [9.17, 15) is 32.3 Å². The zero-order chi connectivity index (χ0) is 29.9. The first kappa shape index (κ1) is 30.0. The number of pyridine rings is 1. The molecule has 7 nitrogen and oxygen atoms in total. The van der Waals surface area contributed by atoms with Gasteiger partial charge in [-0.1, -0.05) is 0 Å². The fraction of sp³-hybridized carbons (Fsp3) is 0.367. The monoisotopic (exact) mass is 575 g/mol. The number of nitrogens with zero attached hydrogens (tertiary/aromatic N) is 1. The molecular formula is C30H29F4NO6. The van der Waals surface area contributed by atoms with E-state index >= 15 is 0 Å².